The summed E-state index contributed by atoms with van der Waals surface area (Å²) in [5.74, 6) is 0.873. The van der Waals surface area contributed by atoms with Gasteiger partial charge in [-0.05, 0) is 37.1 Å². The van der Waals surface area contributed by atoms with Gasteiger partial charge in [0.25, 0.3) is 0 Å². The number of halogens is 2. The predicted molar refractivity (Wildman–Crippen MR) is 101 cm³/mol. The van der Waals surface area contributed by atoms with Crippen molar-refractivity contribution in [3.63, 3.8) is 0 Å². The van der Waals surface area contributed by atoms with Crippen LogP contribution in [0.4, 0.5) is 0 Å². The summed E-state index contributed by atoms with van der Waals surface area (Å²) in [6, 6.07) is 13.8. The number of hydrogen-bond donors (Lipinski definition) is 1. The molecule has 5 heteroatoms. The molecule has 1 atom stereocenters. The van der Waals surface area contributed by atoms with Gasteiger partial charge in [-0.3, -0.25) is 0 Å². The lowest BCUT2D eigenvalue weighted by molar-refractivity contribution is 0.110. The Hall–Kier alpha value is -1.07. The molecule has 0 aromatic heterocycles. The van der Waals surface area contributed by atoms with Crippen LogP contribution >= 0.6 is 27.5 Å². The maximum Gasteiger partial charge on any atom is 0.124 e. The number of rotatable bonds is 7. The van der Waals surface area contributed by atoms with Gasteiger partial charge < -0.3 is 14.8 Å². The quantitative estimate of drug-likeness (QED) is 0.700. The van der Waals surface area contributed by atoms with Gasteiger partial charge in [0, 0.05) is 40.3 Å². The first-order valence-electron chi connectivity index (χ1n) is 8.19. The molecule has 1 fully saturated rings. The third kappa shape index (κ3) is 4.96. The van der Waals surface area contributed by atoms with E-state index in [1.54, 1.807) is 0 Å². The Morgan fingerprint density at radius 3 is 2.88 bits per heavy atom. The lowest BCUT2D eigenvalue weighted by atomic mass is 10.2. The third-order valence-corrected chi connectivity index (χ3v) is 4.94. The zero-order valence-electron chi connectivity index (χ0n) is 13.4. The van der Waals surface area contributed by atoms with Gasteiger partial charge in [0.2, 0.25) is 0 Å². The fraction of sp³-hybridized carbons (Fsp3) is 0.368. The van der Waals surface area contributed by atoms with Crippen LogP contribution in [0.5, 0.6) is 5.75 Å². The lowest BCUT2D eigenvalue weighted by Crippen LogP contribution is -2.26. The molecule has 0 amide bonds. The maximum absolute atomic E-state index is 6.20. The van der Waals surface area contributed by atoms with Crippen LogP contribution in [0.15, 0.2) is 46.9 Å². The van der Waals surface area contributed by atoms with Crippen molar-refractivity contribution in [3.8, 4) is 5.75 Å². The van der Waals surface area contributed by atoms with E-state index in [0.717, 1.165) is 58.9 Å². The molecular weight excluding hydrogens is 390 g/mol. The zero-order valence-corrected chi connectivity index (χ0v) is 15.8. The van der Waals surface area contributed by atoms with Crippen LogP contribution in [-0.2, 0) is 17.9 Å². The molecule has 1 heterocycles. The molecule has 3 nitrogen and oxygen atoms in total. The summed E-state index contributed by atoms with van der Waals surface area (Å²) in [5.41, 5.74) is 2.11. The molecule has 0 unspecified atom stereocenters. The van der Waals surface area contributed by atoms with Gasteiger partial charge in [-0.2, -0.15) is 0 Å². The normalized spacial score (nSPS) is 17.2. The van der Waals surface area contributed by atoms with Gasteiger partial charge in [-0.1, -0.05) is 45.7 Å². The van der Waals surface area contributed by atoms with E-state index in [9.17, 15) is 0 Å². The van der Waals surface area contributed by atoms with E-state index in [0.29, 0.717) is 12.7 Å². The summed E-state index contributed by atoms with van der Waals surface area (Å²) in [6.07, 6.45) is 2.64. The standard InChI is InChI=1S/C19H21BrClNO2/c20-16-7-8-19(24-13-14-4-1-2-6-18(14)21)15(10-16)11-22-12-17-5-3-9-23-17/h1-2,4,6-8,10,17,22H,3,5,9,11-13H2/t17-/m1/s1. The summed E-state index contributed by atoms with van der Waals surface area (Å²) in [4.78, 5) is 0. The molecule has 1 aliphatic rings. The van der Waals surface area contributed by atoms with E-state index in [-0.39, 0.29) is 0 Å². The van der Waals surface area contributed by atoms with Crippen molar-refractivity contribution in [1.82, 2.24) is 5.32 Å². The minimum atomic E-state index is 0.338. The van der Waals surface area contributed by atoms with E-state index in [1.807, 2.05) is 36.4 Å². The average molecular weight is 411 g/mol. The van der Waals surface area contributed by atoms with Gasteiger partial charge in [-0.15, -0.1) is 0 Å². The van der Waals surface area contributed by atoms with E-state index in [2.05, 4.69) is 27.3 Å². The first kappa shape index (κ1) is 17.7. The molecule has 2 aromatic carbocycles. The molecule has 1 saturated heterocycles. The molecule has 0 bridgehead atoms. The summed E-state index contributed by atoms with van der Waals surface area (Å²) >= 11 is 9.73. The van der Waals surface area contributed by atoms with Crippen LogP contribution in [0.3, 0.4) is 0 Å². The smallest absolute Gasteiger partial charge is 0.124 e. The highest BCUT2D eigenvalue weighted by molar-refractivity contribution is 9.10. The van der Waals surface area contributed by atoms with Crippen molar-refractivity contribution < 1.29 is 9.47 Å². The Morgan fingerprint density at radius 2 is 2.08 bits per heavy atom. The van der Waals surface area contributed by atoms with Crippen molar-refractivity contribution in [2.75, 3.05) is 13.2 Å². The zero-order chi connectivity index (χ0) is 16.8. The molecule has 0 saturated carbocycles. The lowest BCUT2D eigenvalue weighted by Gasteiger charge is -2.15. The van der Waals surface area contributed by atoms with Crippen LogP contribution < -0.4 is 10.1 Å². The molecule has 1 N–H and O–H groups in total. The SMILES string of the molecule is Clc1ccccc1COc1ccc(Br)cc1CNC[C@H]1CCCO1. The van der Waals surface area contributed by atoms with Gasteiger partial charge in [0.05, 0.1) is 6.10 Å². The molecule has 0 radical (unpaired) electrons. The van der Waals surface area contributed by atoms with Gasteiger partial charge in [0.1, 0.15) is 12.4 Å². The molecule has 24 heavy (non-hydrogen) atoms. The molecular formula is C19H21BrClNO2. The van der Waals surface area contributed by atoms with Gasteiger partial charge >= 0.3 is 0 Å². The summed E-state index contributed by atoms with van der Waals surface area (Å²) in [6.45, 7) is 2.96. The topological polar surface area (TPSA) is 30.5 Å². The van der Waals surface area contributed by atoms with Crippen molar-refractivity contribution in [1.29, 1.82) is 0 Å². The molecule has 1 aliphatic heterocycles. The first-order valence-corrected chi connectivity index (χ1v) is 9.36. The van der Waals surface area contributed by atoms with Crippen LogP contribution in [0.2, 0.25) is 5.02 Å². The summed E-state index contributed by atoms with van der Waals surface area (Å²) < 4.78 is 12.7. The summed E-state index contributed by atoms with van der Waals surface area (Å²) in [5, 5.41) is 4.20. The fourth-order valence-electron chi connectivity index (χ4n) is 2.77. The Labute approximate surface area is 156 Å². The van der Waals surface area contributed by atoms with E-state index in [1.165, 1.54) is 0 Å². The number of hydrogen-bond acceptors (Lipinski definition) is 3. The monoisotopic (exact) mass is 409 g/mol. The first-order chi connectivity index (χ1) is 11.7. The predicted octanol–water partition coefficient (Wildman–Crippen LogP) is 4.95. The van der Waals surface area contributed by atoms with Crippen LogP contribution in [0.25, 0.3) is 0 Å². The Bertz CT molecular complexity index is 674. The molecule has 0 aliphatic carbocycles. The minimum Gasteiger partial charge on any atom is -0.489 e. The second-order valence-electron chi connectivity index (χ2n) is 5.90. The number of ether oxygens (including phenoxy) is 2. The maximum atomic E-state index is 6.20. The Balaban J connectivity index is 1.60. The fourth-order valence-corrected chi connectivity index (χ4v) is 3.37. The molecule has 3 rings (SSSR count). The summed E-state index contributed by atoms with van der Waals surface area (Å²) in [7, 11) is 0. The number of nitrogens with one attached hydrogen (secondary N) is 1. The highest BCUT2D eigenvalue weighted by Gasteiger charge is 2.15. The average Bonchev–Trinajstić information content (AvgIpc) is 3.09. The van der Waals surface area contributed by atoms with Crippen LogP contribution in [0.1, 0.15) is 24.0 Å². The van der Waals surface area contributed by atoms with Crippen molar-refractivity contribution in [2.24, 2.45) is 0 Å². The van der Waals surface area contributed by atoms with E-state index >= 15 is 0 Å². The largest absolute Gasteiger partial charge is 0.489 e. The second kappa shape index (κ2) is 8.86. The molecule has 2 aromatic rings. The Kier molecular flexibility index (Phi) is 6.55. The van der Waals surface area contributed by atoms with E-state index in [4.69, 9.17) is 21.1 Å². The van der Waals surface area contributed by atoms with Gasteiger partial charge in [0.15, 0.2) is 0 Å². The van der Waals surface area contributed by atoms with Crippen molar-refractivity contribution in [2.45, 2.75) is 32.1 Å². The van der Waals surface area contributed by atoms with Crippen molar-refractivity contribution >= 4 is 27.5 Å². The van der Waals surface area contributed by atoms with Crippen LogP contribution in [0, 0.1) is 0 Å². The highest BCUT2D eigenvalue weighted by Crippen LogP contribution is 2.25. The minimum absolute atomic E-state index is 0.338. The number of benzene rings is 2. The highest BCUT2D eigenvalue weighted by atomic mass is 79.9. The van der Waals surface area contributed by atoms with Crippen LogP contribution in [-0.4, -0.2) is 19.3 Å². The molecule has 0 spiro atoms. The van der Waals surface area contributed by atoms with E-state index < -0.39 is 0 Å². The molecule has 128 valence electrons. The second-order valence-corrected chi connectivity index (χ2v) is 7.22. The van der Waals surface area contributed by atoms with Gasteiger partial charge in [-0.25, -0.2) is 0 Å². The Morgan fingerprint density at radius 1 is 1.21 bits per heavy atom. The van der Waals surface area contributed by atoms with Crippen molar-refractivity contribution in [3.05, 3.63) is 63.1 Å². The third-order valence-electron chi connectivity index (χ3n) is 4.07.